The van der Waals surface area contributed by atoms with E-state index in [1.54, 1.807) is 36.4 Å². The number of para-hydroxylation sites is 3. The van der Waals surface area contributed by atoms with E-state index in [0.29, 0.717) is 43.7 Å². The second-order valence-electron chi connectivity index (χ2n) is 8.44. The Balaban J connectivity index is 1.64. The van der Waals surface area contributed by atoms with Crippen LogP contribution >= 0.6 is 33.3 Å². The van der Waals surface area contributed by atoms with Gasteiger partial charge in [-0.1, -0.05) is 54.6 Å². The third kappa shape index (κ3) is 9.16. The molecule has 11 nitrogen and oxygen atoms in total. The molecule has 0 spiro atoms. The highest BCUT2D eigenvalue weighted by molar-refractivity contribution is 7.94. The van der Waals surface area contributed by atoms with Gasteiger partial charge in [0.25, 0.3) is 0 Å². The fourth-order valence-corrected chi connectivity index (χ4v) is 13.7. The van der Waals surface area contributed by atoms with Gasteiger partial charge in [0.05, 0.1) is 52.9 Å². The fourth-order valence-electron chi connectivity index (χ4n) is 3.57. The number of rotatable bonds is 6. The molecule has 2 aliphatic rings. The van der Waals surface area contributed by atoms with Crippen LogP contribution in [-0.2, 0) is 23.3 Å². The molecule has 0 N–H and O–H groups in total. The molecule has 0 fully saturated rings. The molecule has 0 saturated carbocycles. The fraction of sp³-hybridized carbons (Fsp3) is 0.308. The summed E-state index contributed by atoms with van der Waals surface area (Å²) < 4.78 is 63.2. The third-order valence-electron chi connectivity index (χ3n) is 5.29. The van der Waals surface area contributed by atoms with E-state index < -0.39 is 22.1 Å². The first kappa shape index (κ1) is 30.3. The monoisotopic (exact) mass is 641 g/mol. The van der Waals surface area contributed by atoms with Crippen LogP contribution in [-0.4, -0.2) is 52.9 Å². The lowest BCUT2D eigenvalue weighted by Gasteiger charge is -2.31. The number of hydrogen-bond donors (Lipinski definition) is 0. The summed E-state index contributed by atoms with van der Waals surface area (Å²) in [6, 6.07) is 27.3. The molecule has 3 aromatic carbocycles. The van der Waals surface area contributed by atoms with Crippen LogP contribution in [0.5, 0.6) is 17.2 Å². The Labute approximate surface area is 244 Å². The van der Waals surface area contributed by atoms with Crippen LogP contribution in [0.3, 0.4) is 0 Å². The van der Waals surface area contributed by atoms with Gasteiger partial charge in [0, 0.05) is 0 Å². The minimum atomic E-state index is -3.62. The van der Waals surface area contributed by atoms with E-state index in [4.69, 9.17) is 61.6 Å². The van der Waals surface area contributed by atoms with Gasteiger partial charge in [0.2, 0.25) is 0 Å². The highest BCUT2D eigenvalue weighted by atomic mass is 35.7. The second-order valence-corrected chi connectivity index (χ2v) is 15.9. The van der Waals surface area contributed by atoms with Crippen LogP contribution in [0.4, 0.5) is 0 Å². The Morgan fingerprint density at radius 2 is 0.829 bits per heavy atom. The lowest BCUT2D eigenvalue weighted by atomic mass is 10.3. The average molecular weight is 642 g/mol. The summed E-state index contributed by atoms with van der Waals surface area (Å²) in [5.74, 6) is 1.42. The summed E-state index contributed by atoms with van der Waals surface area (Å²) in [5.41, 5.74) is 0. The van der Waals surface area contributed by atoms with E-state index in [1.165, 1.54) is 0 Å². The first-order valence-electron chi connectivity index (χ1n) is 12.9. The summed E-state index contributed by atoms with van der Waals surface area (Å²) in [6.45, 7) is -1.28. The maximum atomic E-state index is 7.17. The first-order chi connectivity index (χ1) is 20.1. The van der Waals surface area contributed by atoms with Crippen molar-refractivity contribution in [2.45, 2.75) is 0 Å². The van der Waals surface area contributed by atoms with Crippen molar-refractivity contribution in [1.29, 1.82) is 0 Å². The number of hydrogen-bond acceptors (Lipinski definition) is 11. The van der Waals surface area contributed by atoms with E-state index in [1.807, 2.05) is 54.6 Å². The highest BCUT2D eigenvalue weighted by Gasteiger charge is 2.44. The average Bonchev–Trinajstić information content (AvgIpc) is 2.96. The molecule has 3 unspecified atom stereocenters. The van der Waals surface area contributed by atoms with Gasteiger partial charge >= 0.3 is 22.1 Å². The highest BCUT2D eigenvalue weighted by Crippen LogP contribution is 2.80. The molecule has 15 heteroatoms. The molecule has 220 valence electrons. The molecular weight excluding hydrogens is 611 g/mol. The van der Waals surface area contributed by atoms with Crippen molar-refractivity contribution >= 4 is 33.3 Å². The van der Waals surface area contributed by atoms with Gasteiger partial charge in [0.1, 0.15) is 17.2 Å². The van der Waals surface area contributed by atoms with Gasteiger partial charge in [-0.2, -0.15) is 0 Å². The maximum Gasteiger partial charge on any atom is 0.403 e. The molecule has 0 aromatic heterocycles. The molecule has 0 aliphatic carbocycles. The van der Waals surface area contributed by atoms with Crippen molar-refractivity contribution in [1.82, 2.24) is 0 Å². The minimum Gasteiger partial charge on any atom is -0.431 e. The van der Waals surface area contributed by atoms with Crippen LogP contribution in [0, 0.1) is 0 Å². The van der Waals surface area contributed by atoms with Crippen LogP contribution in [0.15, 0.2) is 105 Å². The van der Waals surface area contributed by atoms with Crippen molar-refractivity contribution in [3.8, 4) is 17.2 Å². The predicted molar refractivity (Wildman–Crippen MR) is 159 cm³/mol. The lowest BCUT2D eigenvalue weighted by molar-refractivity contribution is 0.00459. The van der Waals surface area contributed by atoms with E-state index >= 15 is 0 Å². The van der Waals surface area contributed by atoms with Gasteiger partial charge in [-0.25, -0.2) is 0 Å². The van der Waals surface area contributed by atoms with Gasteiger partial charge in [-0.15, -0.1) is 13.5 Å². The van der Waals surface area contributed by atoms with E-state index in [0.717, 1.165) is 0 Å². The SMILES string of the molecule is ClP1(Oc2ccccc2)=NP2(Oc3ccccc3)=NP(Oc3ccccc3)(=N1)OCCOCCOCCOCCO2. The van der Waals surface area contributed by atoms with Crippen LogP contribution in [0.25, 0.3) is 0 Å². The molecule has 0 radical (unpaired) electrons. The first-order valence-corrected chi connectivity index (χ1v) is 18.5. The summed E-state index contributed by atoms with van der Waals surface area (Å²) in [4.78, 5) is 0. The van der Waals surface area contributed by atoms with Crippen molar-refractivity contribution in [3.05, 3.63) is 91.0 Å². The molecule has 0 saturated heterocycles. The van der Waals surface area contributed by atoms with Crippen LogP contribution in [0.2, 0.25) is 0 Å². The summed E-state index contributed by atoms with van der Waals surface area (Å²) in [5, 5.41) is 0. The normalized spacial score (nSPS) is 27.7. The van der Waals surface area contributed by atoms with Gasteiger partial charge in [0.15, 0.2) is 0 Å². The molecule has 3 aromatic rings. The van der Waals surface area contributed by atoms with Crippen molar-refractivity contribution < 1.29 is 36.8 Å². The molecule has 5 rings (SSSR count). The minimum absolute atomic E-state index is 0.101. The van der Waals surface area contributed by atoms with Crippen molar-refractivity contribution in [2.75, 3.05) is 52.9 Å². The largest absolute Gasteiger partial charge is 0.431 e. The number of nitrogens with zero attached hydrogens (tertiary/aromatic N) is 3. The molecule has 0 amide bonds. The van der Waals surface area contributed by atoms with Gasteiger partial charge < -0.3 is 27.8 Å². The zero-order valence-electron chi connectivity index (χ0n) is 22.1. The smallest absolute Gasteiger partial charge is 0.403 e. The Bertz CT molecular complexity index is 1360. The molecular formula is C26H31ClN3O8P3. The molecule has 2 heterocycles. The third-order valence-corrected chi connectivity index (χ3v) is 14.5. The lowest BCUT2D eigenvalue weighted by Crippen LogP contribution is -2.14. The van der Waals surface area contributed by atoms with Crippen molar-refractivity contribution in [3.63, 3.8) is 0 Å². The molecule has 3 atom stereocenters. The number of fused-ring (bicyclic) bond motifs is 1. The second kappa shape index (κ2) is 14.8. The zero-order valence-corrected chi connectivity index (χ0v) is 25.6. The topological polar surface area (TPSA) is 111 Å². The Morgan fingerprint density at radius 1 is 0.463 bits per heavy atom. The number of benzene rings is 3. The van der Waals surface area contributed by atoms with Crippen molar-refractivity contribution in [2.24, 2.45) is 13.5 Å². The van der Waals surface area contributed by atoms with E-state index in [2.05, 4.69) is 0 Å². The zero-order chi connectivity index (χ0) is 28.3. The Kier molecular flexibility index (Phi) is 11.0. The number of ether oxygens (including phenoxy) is 3. The number of halogens is 1. The maximum absolute atomic E-state index is 7.17. The van der Waals surface area contributed by atoms with Gasteiger partial charge in [-0.05, 0) is 47.6 Å². The molecule has 2 bridgehead atoms. The molecule has 41 heavy (non-hydrogen) atoms. The Morgan fingerprint density at radius 3 is 1.27 bits per heavy atom. The Hall–Kier alpha value is -2.16. The van der Waals surface area contributed by atoms with E-state index in [9.17, 15) is 0 Å². The predicted octanol–water partition coefficient (Wildman–Crippen LogP) is 8.41. The summed E-state index contributed by atoms with van der Waals surface area (Å²) in [7, 11) is -7.25. The van der Waals surface area contributed by atoms with Crippen LogP contribution < -0.4 is 13.6 Å². The standard InChI is InChI=1S/C26H31ClN3O8P3/c27-39(36-24-10-4-1-5-11-24)28-40(37-25-12-6-2-7-13-25)30-41(29-39,38-26-14-8-3-9-15-26)35-23-21-33-19-17-31-16-18-32-20-22-34-40/h1-15H,16-23H2. The quantitative estimate of drug-likeness (QED) is 0.247. The summed E-state index contributed by atoms with van der Waals surface area (Å²) >= 11 is 7.17. The van der Waals surface area contributed by atoms with E-state index in [-0.39, 0.29) is 26.4 Å². The van der Waals surface area contributed by atoms with Crippen LogP contribution in [0.1, 0.15) is 0 Å². The summed E-state index contributed by atoms with van der Waals surface area (Å²) in [6.07, 6.45) is 0. The van der Waals surface area contributed by atoms with Gasteiger partial charge in [-0.3, -0.25) is 9.05 Å². The molecule has 2 aliphatic heterocycles.